The molecular weight excluding hydrogens is 184 g/mol. The Morgan fingerprint density at radius 2 is 0.933 bits per heavy atom. The molecule has 2 heterocycles. The van der Waals surface area contributed by atoms with Crippen LogP contribution in [0.4, 0.5) is 0 Å². The van der Waals surface area contributed by atoms with Crippen LogP contribution in [0.2, 0.25) is 0 Å². The molecule has 1 aliphatic carbocycles. The largest absolute Gasteiger partial charge is 0.375 e. The normalized spacial score (nSPS) is 43.6. The minimum Gasteiger partial charge on any atom is -0.375 e. The molecule has 2 saturated heterocycles. The van der Waals surface area contributed by atoms with Gasteiger partial charge in [-0.2, -0.15) is 0 Å². The summed E-state index contributed by atoms with van der Waals surface area (Å²) in [5.74, 6) is 2.04. The summed E-state index contributed by atoms with van der Waals surface area (Å²) < 4.78 is 5.47. The number of hydrogen-bond donors (Lipinski definition) is 0. The average Bonchev–Trinajstić information content (AvgIpc) is 2.87. The Hall–Kier alpha value is -0.0400. The third-order valence-electron chi connectivity index (χ3n) is 4.31. The predicted molar refractivity (Wildman–Crippen MR) is 63.9 cm³/mol. The molecule has 0 radical (unpaired) electrons. The van der Waals surface area contributed by atoms with Gasteiger partial charge in [0.15, 0.2) is 0 Å². The van der Waals surface area contributed by atoms with Gasteiger partial charge in [-0.3, -0.25) is 0 Å². The smallest absolute Gasteiger partial charge is 0.0580 e. The van der Waals surface area contributed by atoms with Crippen LogP contribution >= 0.6 is 0 Å². The van der Waals surface area contributed by atoms with Gasteiger partial charge in [-0.05, 0) is 37.5 Å². The summed E-state index contributed by atoms with van der Waals surface area (Å²) in [5.41, 5.74) is 0. The molecule has 2 aliphatic heterocycles. The summed E-state index contributed by atoms with van der Waals surface area (Å²) in [5, 5.41) is 0. The summed E-state index contributed by atoms with van der Waals surface area (Å²) in [6, 6.07) is 0. The number of hydrogen-bond acceptors (Lipinski definition) is 1. The van der Waals surface area contributed by atoms with E-state index in [9.17, 15) is 0 Å². The lowest BCUT2D eigenvalue weighted by Gasteiger charge is -2.22. The van der Waals surface area contributed by atoms with Crippen molar-refractivity contribution in [1.29, 1.82) is 0 Å². The molecule has 0 unspecified atom stereocenters. The fraction of sp³-hybridized carbons (Fsp3) is 1.00. The van der Waals surface area contributed by atoms with Gasteiger partial charge >= 0.3 is 0 Å². The zero-order valence-corrected chi connectivity index (χ0v) is 10.4. The maximum atomic E-state index is 5.47. The Morgan fingerprint density at radius 3 is 1.13 bits per heavy atom. The third kappa shape index (κ3) is 3.48. The molecular formula is C14H26O. The molecule has 1 heteroatoms. The molecule has 3 aliphatic rings. The Kier molecular flexibility index (Phi) is 4.07. The van der Waals surface area contributed by atoms with Crippen molar-refractivity contribution in [3.05, 3.63) is 0 Å². The third-order valence-corrected chi connectivity index (χ3v) is 4.31. The average molecular weight is 210 g/mol. The topological polar surface area (TPSA) is 9.23 Å². The van der Waals surface area contributed by atoms with Gasteiger partial charge in [0.2, 0.25) is 0 Å². The molecule has 0 atom stereocenters. The van der Waals surface area contributed by atoms with Crippen LogP contribution in [0.1, 0.15) is 65.2 Å². The van der Waals surface area contributed by atoms with Gasteiger partial charge in [-0.15, -0.1) is 0 Å². The molecule has 3 rings (SSSR count). The van der Waals surface area contributed by atoms with Crippen molar-refractivity contribution >= 4 is 0 Å². The number of ether oxygens (including phenoxy) is 1. The number of rotatable bonds is 0. The van der Waals surface area contributed by atoms with Gasteiger partial charge in [0.25, 0.3) is 0 Å². The van der Waals surface area contributed by atoms with Gasteiger partial charge in [-0.1, -0.05) is 39.5 Å². The van der Waals surface area contributed by atoms with Crippen molar-refractivity contribution in [2.24, 2.45) is 11.8 Å². The predicted octanol–water partition coefficient (Wildman–Crippen LogP) is 4.16. The second-order valence-corrected chi connectivity index (χ2v) is 5.90. The minimum absolute atomic E-state index is 0.671. The van der Waals surface area contributed by atoms with E-state index >= 15 is 0 Å². The minimum atomic E-state index is 0.671. The molecule has 2 bridgehead atoms. The SMILES string of the molecule is C1CC2CCC1O2.CC1CCC(C)CC1. The van der Waals surface area contributed by atoms with Crippen molar-refractivity contribution < 1.29 is 4.74 Å². The van der Waals surface area contributed by atoms with Crippen LogP contribution in [0.25, 0.3) is 0 Å². The summed E-state index contributed by atoms with van der Waals surface area (Å²) in [4.78, 5) is 0. The molecule has 3 fully saturated rings. The zero-order valence-electron chi connectivity index (χ0n) is 10.4. The van der Waals surface area contributed by atoms with E-state index in [1.165, 1.54) is 51.4 Å². The van der Waals surface area contributed by atoms with Gasteiger partial charge in [0.1, 0.15) is 0 Å². The van der Waals surface area contributed by atoms with E-state index in [4.69, 9.17) is 4.74 Å². The molecule has 0 amide bonds. The molecule has 15 heavy (non-hydrogen) atoms. The zero-order chi connectivity index (χ0) is 10.7. The van der Waals surface area contributed by atoms with E-state index < -0.39 is 0 Å². The van der Waals surface area contributed by atoms with Crippen LogP contribution < -0.4 is 0 Å². The molecule has 88 valence electrons. The molecule has 0 aromatic carbocycles. The first-order valence-electron chi connectivity index (χ1n) is 6.89. The van der Waals surface area contributed by atoms with Crippen LogP contribution in [-0.2, 0) is 4.74 Å². The van der Waals surface area contributed by atoms with Gasteiger partial charge in [0.05, 0.1) is 12.2 Å². The van der Waals surface area contributed by atoms with Crippen LogP contribution in [0.3, 0.4) is 0 Å². The monoisotopic (exact) mass is 210 g/mol. The van der Waals surface area contributed by atoms with Crippen molar-refractivity contribution in [1.82, 2.24) is 0 Å². The van der Waals surface area contributed by atoms with Crippen LogP contribution in [-0.4, -0.2) is 12.2 Å². The molecule has 0 aromatic rings. The summed E-state index contributed by atoms with van der Waals surface area (Å²) in [7, 11) is 0. The fourth-order valence-corrected chi connectivity index (χ4v) is 3.00. The second-order valence-electron chi connectivity index (χ2n) is 5.90. The van der Waals surface area contributed by atoms with Crippen molar-refractivity contribution in [3.63, 3.8) is 0 Å². The van der Waals surface area contributed by atoms with E-state index in [0.29, 0.717) is 12.2 Å². The highest BCUT2D eigenvalue weighted by molar-refractivity contribution is 4.81. The highest BCUT2D eigenvalue weighted by Crippen LogP contribution is 2.33. The fourth-order valence-electron chi connectivity index (χ4n) is 3.00. The summed E-state index contributed by atoms with van der Waals surface area (Å²) >= 11 is 0. The van der Waals surface area contributed by atoms with E-state index in [0.717, 1.165) is 11.8 Å². The Morgan fingerprint density at radius 1 is 0.600 bits per heavy atom. The maximum Gasteiger partial charge on any atom is 0.0580 e. The summed E-state index contributed by atoms with van der Waals surface area (Å²) in [6.07, 6.45) is 12.6. The van der Waals surface area contributed by atoms with Gasteiger partial charge in [0, 0.05) is 0 Å². The standard InChI is InChI=1S/C8H16.C6H10O/c1-7-3-5-8(2)6-4-7;1-2-6-4-3-5(1)7-6/h7-8H,3-6H2,1-2H3;5-6H,1-4H2. The lowest BCUT2D eigenvalue weighted by atomic mass is 9.84. The Labute approximate surface area is 94.6 Å². The lowest BCUT2D eigenvalue weighted by Crippen LogP contribution is -2.08. The molecule has 0 N–H and O–H groups in total. The van der Waals surface area contributed by atoms with Gasteiger partial charge < -0.3 is 4.74 Å². The highest BCUT2D eigenvalue weighted by Gasteiger charge is 2.31. The van der Waals surface area contributed by atoms with Crippen molar-refractivity contribution in [2.75, 3.05) is 0 Å². The molecule has 1 saturated carbocycles. The quantitative estimate of drug-likeness (QED) is 0.583. The Bertz CT molecular complexity index is 154. The second kappa shape index (κ2) is 5.34. The van der Waals surface area contributed by atoms with E-state index in [2.05, 4.69) is 13.8 Å². The Balaban J connectivity index is 0.000000114. The molecule has 1 nitrogen and oxygen atoms in total. The van der Waals surface area contributed by atoms with Crippen molar-refractivity contribution in [2.45, 2.75) is 77.4 Å². The first-order chi connectivity index (χ1) is 7.24. The van der Waals surface area contributed by atoms with Gasteiger partial charge in [-0.25, -0.2) is 0 Å². The lowest BCUT2D eigenvalue weighted by molar-refractivity contribution is 0.105. The van der Waals surface area contributed by atoms with E-state index in [-0.39, 0.29) is 0 Å². The first-order valence-corrected chi connectivity index (χ1v) is 6.89. The highest BCUT2D eigenvalue weighted by atomic mass is 16.5. The maximum absolute atomic E-state index is 5.47. The van der Waals surface area contributed by atoms with Crippen LogP contribution in [0.5, 0.6) is 0 Å². The van der Waals surface area contributed by atoms with Crippen LogP contribution in [0, 0.1) is 11.8 Å². The van der Waals surface area contributed by atoms with Crippen LogP contribution in [0.15, 0.2) is 0 Å². The van der Waals surface area contributed by atoms with E-state index in [1.54, 1.807) is 0 Å². The summed E-state index contributed by atoms with van der Waals surface area (Å²) in [6.45, 7) is 4.73. The molecule has 0 spiro atoms. The van der Waals surface area contributed by atoms with E-state index in [1.807, 2.05) is 0 Å². The van der Waals surface area contributed by atoms with Crippen molar-refractivity contribution in [3.8, 4) is 0 Å². The molecule has 0 aromatic heterocycles. The number of fused-ring (bicyclic) bond motifs is 2. The first kappa shape index (κ1) is 11.4.